The molecule has 1 aliphatic rings. The number of nitrogens with zero attached hydrogens (tertiary/aromatic N) is 4. The number of halogens is 1. The van der Waals surface area contributed by atoms with Crippen LogP contribution in [-0.4, -0.2) is 60.8 Å². The monoisotopic (exact) mass is 746 g/mol. The Labute approximate surface area is 297 Å². The van der Waals surface area contributed by atoms with Crippen LogP contribution < -0.4 is 17.0 Å². The number of aliphatic hydroxyl groups is 2. The predicted octanol–water partition coefficient (Wildman–Crippen LogP) is 4.54. The number of hydrogen-bond donors (Lipinski definition) is 2. The van der Waals surface area contributed by atoms with E-state index in [1.165, 1.54) is 9.13 Å². The Balaban J connectivity index is 0.000000154. The number of benzene rings is 2. The third kappa shape index (κ3) is 8.16. The summed E-state index contributed by atoms with van der Waals surface area (Å²) < 4.78 is 26.2. The zero-order valence-electron chi connectivity index (χ0n) is 28.8. The van der Waals surface area contributed by atoms with Gasteiger partial charge in [-0.05, 0) is 115 Å². The third-order valence-electron chi connectivity index (χ3n) is 8.82. The fourth-order valence-electron chi connectivity index (χ4n) is 5.21. The summed E-state index contributed by atoms with van der Waals surface area (Å²) in [5.41, 5.74) is 6.69. The SMILES string of the molecule is Cn1c(=O)oc2ccc(-c3cncc(CCO)c3)cc21.Cn1c(=O)oc2ccc(B3OC(C)(C)C(C)(C)O3)cc21.OCCc1cncc(Br)c1. The van der Waals surface area contributed by atoms with Crippen LogP contribution in [0.4, 0.5) is 0 Å². The van der Waals surface area contributed by atoms with E-state index in [2.05, 4.69) is 25.9 Å². The van der Waals surface area contributed by atoms with Gasteiger partial charge in [-0.2, -0.15) is 0 Å². The summed E-state index contributed by atoms with van der Waals surface area (Å²) >= 11 is 3.29. The molecule has 0 aliphatic carbocycles. The van der Waals surface area contributed by atoms with E-state index in [1.807, 2.05) is 64.1 Å². The number of pyridine rings is 2. The highest BCUT2D eigenvalue weighted by Gasteiger charge is 2.51. The quantitative estimate of drug-likeness (QED) is 0.232. The molecular formula is C36H40BBrN4O8. The minimum Gasteiger partial charge on any atom is -0.408 e. The molecule has 50 heavy (non-hydrogen) atoms. The van der Waals surface area contributed by atoms with Crippen molar-refractivity contribution >= 4 is 50.7 Å². The van der Waals surface area contributed by atoms with Crippen LogP contribution in [0.2, 0.25) is 0 Å². The topological polar surface area (TPSA) is 155 Å². The van der Waals surface area contributed by atoms with Gasteiger partial charge < -0.3 is 28.4 Å². The molecule has 0 saturated carbocycles. The zero-order chi connectivity index (χ0) is 36.2. The molecule has 1 fully saturated rings. The van der Waals surface area contributed by atoms with E-state index in [1.54, 1.807) is 51.0 Å². The Bertz CT molecular complexity index is 2210. The molecule has 5 heterocycles. The Morgan fingerprint density at radius 1 is 0.700 bits per heavy atom. The Morgan fingerprint density at radius 3 is 1.78 bits per heavy atom. The van der Waals surface area contributed by atoms with Gasteiger partial charge in [-0.15, -0.1) is 0 Å². The number of rotatable bonds is 6. The minimum atomic E-state index is -0.436. The number of hydrogen-bond acceptors (Lipinski definition) is 10. The zero-order valence-corrected chi connectivity index (χ0v) is 30.4. The first-order chi connectivity index (χ1) is 23.7. The van der Waals surface area contributed by atoms with E-state index in [4.69, 9.17) is 28.4 Å². The number of aliphatic hydroxyl groups excluding tert-OH is 2. The maximum absolute atomic E-state index is 11.5. The molecule has 262 valence electrons. The van der Waals surface area contributed by atoms with Crippen LogP contribution in [0.15, 0.2) is 96.2 Å². The van der Waals surface area contributed by atoms with Crippen molar-refractivity contribution < 1.29 is 28.4 Å². The lowest BCUT2D eigenvalue weighted by Crippen LogP contribution is -2.41. The Hall–Kier alpha value is -4.34. The highest BCUT2D eigenvalue weighted by Crippen LogP contribution is 2.36. The predicted molar refractivity (Wildman–Crippen MR) is 195 cm³/mol. The molecule has 12 nitrogen and oxygen atoms in total. The Morgan fingerprint density at radius 2 is 1.22 bits per heavy atom. The summed E-state index contributed by atoms with van der Waals surface area (Å²) in [5.74, 6) is -0.740. The lowest BCUT2D eigenvalue weighted by Gasteiger charge is -2.32. The Kier molecular flexibility index (Phi) is 11.3. The van der Waals surface area contributed by atoms with Crippen molar-refractivity contribution in [3.05, 3.63) is 110 Å². The summed E-state index contributed by atoms with van der Waals surface area (Å²) in [6.07, 6.45) is 8.23. The first-order valence-electron chi connectivity index (χ1n) is 16.0. The van der Waals surface area contributed by atoms with Crippen LogP contribution in [0.1, 0.15) is 38.8 Å². The maximum atomic E-state index is 11.5. The number of aromatic nitrogens is 4. The van der Waals surface area contributed by atoms with Gasteiger partial charge in [-0.1, -0.05) is 12.1 Å². The van der Waals surface area contributed by atoms with E-state index >= 15 is 0 Å². The van der Waals surface area contributed by atoms with Crippen LogP contribution in [-0.2, 0) is 36.2 Å². The lowest BCUT2D eigenvalue weighted by atomic mass is 9.79. The van der Waals surface area contributed by atoms with Gasteiger partial charge in [0.25, 0.3) is 0 Å². The van der Waals surface area contributed by atoms with Gasteiger partial charge >= 0.3 is 18.6 Å². The number of fused-ring (bicyclic) bond motifs is 2. The van der Waals surface area contributed by atoms with E-state index in [0.717, 1.165) is 43.2 Å². The molecule has 0 unspecified atom stereocenters. The molecule has 2 aromatic carbocycles. The number of aryl methyl sites for hydroxylation is 2. The van der Waals surface area contributed by atoms with E-state index in [0.29, 0.717) is 24.0 Å². The molecule has 0 amide bonds. The maximum Gasteiger partial charge on any atom is 0.494 e. The van der Waals surface area contributed by atoms with Crippen LogP contribution in [0, 0.1) is 0 Å². The molecule has 1 aliphatic heterocycles. The fourth-order valence-corrected chi connectivity index (χ4v) is 5.62. The van der Waals surface area contributed by atoms with Gasteiger partial charge in [0.1, 0.15) is 0 Å². The molecule has 0 spiro atoms. The number of oxazole rings is 2. The van der Waals surface area contributed by atoms with Crippen molar-refractivity contribution in [2.75, 3.05) is 13.2 Å². The van der Waals surface area contributed by atoms with Crippen molar-refractivity contribution in [3.63, 3.8) is 0 Å². The average Bonchev–Trinajstić information content (AvgIpc) is 3.62. The molecule has 2 N–H and O–H groups in total. The fraction of sp³-hybridized carbons (Fsp3) is 0.333. The molecule has 7 rings (SSSR count). The van der Waals surface area contributed by atoms with Gasteiger partial charge in [-0.25, -0.2) is 9.59 Å². The minimum absolute atomic E-state index is 0.0976. The lowest BCUT2D eigenvalue weighted by molar-refractivity contribution is 0.00578. The molecule has 0 radical (unpaired) electrons. The van der Waals surface area contributed by atoms with Gasteiger partial charge in [-0.3, -0.25) is 19.1 Å². The summed E-state index contributed by atoms with van der Waals surface area (Å²) in [4.78, 5) is 31.1. The molecule has 1 saturated heterocycles. The molecular weight excluding hydrogens is 707 g/mol. The van der Waals surface area contributed by atoms with Crippen molar-refractivity contribution in [1.82, 2.24) is 19.1 Å². The van der Waals surface area contributed by atoms with Crippen molar-refractivity contribution in [2.24, 2.45) is 14.1 Å². The summed E-state index contributed by atoms with van der Waals surface area (Å²) in [6.45, 7) is 8.33. The van der Waals surface area contributed by atoms with Crippen LogP contribution in [0.25, 0.3) is 33.3 Å². The first kappa shape index (κ1) is 36.9. The van der Waals surface area contributed by atoms with Gasteiger partial charge in [0.2, 0.25) is 0 Å². The van der Waals surface area contributed by atoms with Crippen molar-refractivity contribution in [1.29, 1.82) is 0 Å². The van der Waals surface area contributed by atoms with Crippen molar-refractivity contribution in [3.8, 4) is 11.1 Å². The van der Waals surface area contributed by atoms with E-state index < -0.39 is 7.12 Å². The summed E-state index contributed by atoms with van der Waals surface area (Å²) in [6, 6.07) is 15.0. The van der Waals surface area contributed by atoms with Crippen LogP contribution in [0.5, 0.6) is 0 Å². The van der Waals surface area contributed by atoms with E-state index in [-0.39, 0.29) is 35.9 Å². The molecule has 6 aromatic rings. The molecule has 4 aromatic heterocycles. The summed E-state index contributed by atoms with van der Waals surface area (Å²) in [5, 5.41) is 17.6. The average molecular weight is 747 g/mol. The molecule has 0 atom stereocenters. The second kappa shape index (κ2) is 15.3. The standard InChI is InChI=1S/C15H14N2O3.C14H18BNO4.C7H8BrNO/c1-17-13-7-11(2-3-14(13)20-15(17)19)12-6-10(4-5-18)8-16-9-12;1-13(2)14(3,4)20-15(19-13)9-6-7-11-10(8-9)16(5)12(17)18-11;8-7-3-6(1-2-10)4-9-5-7/h2-3,6-9,18H,4-5H2,1H3;6-8H,1-5H3;3-5,10H,1-2H2. The van der Waals surface area contributed by atoms with Gasteiger partial charge in [0.05, 0.1) is 22.2 Å². The largest absolute Gasteiger partial charge is 0.494 e. The summed E-state index contributed by atoms with van der Waals surface area (Å²) in [7, 11) is 2.93. The molecule has 0 bridgehead atoms. The second-order valence-corrected chi connectivity index (χ2v) is 13.8. The van der Waals surface area contributed by atoms with Crippen LogP contribution >= 0.6 is 15.9 Å². The van der Waals surface area contributed by atoms with Crippen molar-refractivity contribution in [2.45, 2.75) is 51.7 Å². The highest BCUT2D eigenvalue weighted by molar-refractivity contribution is 9.10. The van der Waals surface area contributed by atoms with Gasteiger partial charge in [0.15, 0.2) is 11.2 Å². The van der Waals surface area contributed by atoms with E-state index in [9.17, 15) is 9.59 Å². The van der Waals surface area contributed by atoms with Crippen LogP contribution in [0.3, 0.4) is 0 Å². The smallest absolute Gasteiger partial charge is 0.408 e. The second-order valence-electron chi connectivity index (χ2n) is 12.9. The van der Waals surface area contributed by atoms with Gasteiger partial charge in [0, 0.05) is 62.1 Å². The first-order valence-corrected chi connectivity index (χ1v) is 16.8. The molecule has 14 heteroatoms. The normalized spacial score (nSPS) is 14.7. The third-order valence-corrected chi connectivity index (χ3v) is 9.26. The highest BCUT2D eigenvalue weighted by atomic mass is 79.9.